The van der Waals surface area contributed by atoms with E-state index in [9.17, 15) is 4.79 Å². The van der Waals surface area contributed by atoms with Gasteiger partial charge in [0.05, 0.1) is 5.41 Å². The first kappa shape index (κ1) is 18.3. The quantitative estimate of drug-likeness (QED) is 0.723. The number of carbonyl (C=O) groups is 1. The molecule has 2 rings (SSSR count). The molecule has 130 valence electrons. The van der Waals surface area contributed by atoms with Gasteiger partial charge in [-0.25, -0.2) is 0 Å². The number of hydrogen-bond acceptors (Lipinski definition) is 3. The van der Waals surface area contributed by atoms with E-state index in [1.54, 1.807) is 0 Å². The van der Waals surface area contributed by atoms with Gasteiger partial charge in [-0.15, -0.1) is 0 Å². The highest BCUT2D eigenvalue weighted by Crippen LogP contribution is 2.28. The van der Waals surface area contributed by atoms with E-state index in [-0.39, 0.29) is 17.6 Å². The van der Waals surface area contributed by atoms with Crippen molar-refractivity contribution in [3.8, 4) is 0 Å². The molecule has 0 bridgehead atoms. The van der Waals surface area contributed by atoms with Crippen LogP contribution in [0.4, 0.5) is 0 Å². The highest BCUT2D eigenvalue weighted by molar-refractivity contribution is 5.82. The third-order valence-corrected chi connectivity index (χ3v) is 4.69. The fraction of sp³-hybridized carbons (Fsp3) is 0.476. The molecule has 1 aliphatic rings. The number of esters is 1. The summed E-state index contributed by atoms with van der Waals surface area (Å²) in [5.41, 5.74) is 0.260. The van der Waals surface area contributed by atoms with E-state index in [0.29, 0.717) is 0 Å². The first-order chi connectivity index (χ1) is 11.2. The maximum Gasteiger partial charge on any atom is 0.316 e. The Labute approximate surface area is 146 Å². The van der Waals surface area contributed by atoms with E-state index in [1.807, 2.05) is 57.2 Å². The highest BCUT2D eigenvalue weighted by atomic mass is 16.5. The minimum absolute atomic E-state index is 0.0716. The van der Waals surface area contributed by atoms with Crippen molar-refractivity contribution in [1.29, 1.82) is 0 Å². The molecular formula is C21H29NO2. The normalized spacial score (nSPS) is 16.1. The van der Waals surface area contributed by atoms with Crippen molar-refractivity contribution in [2.75, 3.05) is 6.54 Å². The molecule has 1 aromatic carbocycles. The molecule has 0 aliphatic carbocycles. The summed E-state index contributed by atoms with van der Waals surface area (Å²) in [6.45, 7) is 11.1. The van der Waals surface area contributed by atoms with Gasteiger partial charge in [-0.3, -0.25) is 4.79 Å². The molecule has 24 heavy (non-hydrogen) atoms. The van der Waals surface area contributed by atoms with Crippen LogP contribution in [0.1, 0.15) is 46.6 Å². The van der Waals surface area contributed by atoms with Gasteiger partial charge in [-0.05, 0) is 52.5 Å². The topological polar surface area (TPSA) is 29.5 Å². The zero-order valence-corrected chi connectivity index (χ0v) is 15.5. The van der Waals surface area contributed by atoms with Crippen molar-refractivity contribution in [3.63, 3.8) is 0 Å². The molecular weight excluding hydrogens is 298 g/mol. The van der Waals surface area contributed by atoms with Crippen LogP contribution < -0.4 is 0 Å². The molecule has 3 nitrogen and oxygen atoms in total. The van der Waals surface area contributed by atoms with Crippen LogP contribution in [-0.2, 0) is 14.9 Å². The molecule has 1 aromatic rings. The molecule has 3 heteroatoms. The van der Waals surface area contributed by atoms with Crippen LogP contribution in [-0.4, -0.2) is 29.1 Å². The zero-order valence-electron chi connectivity index (χ0n) is 15.5. The molecule has 0 radical (unpaired) electrons. The molecule has 0 aromatic heterocycles. The average Bonchev–Trinajstić information content (AvgIpc) is 2.55. The summed E-state index contributed by atoms with van der Waals surface area (Å²) in [6.07, 6.45) is 8.97. The Hall–Kier alpha value is -2.03. The Bertz CT molecular complexity index is 614. The van der Waals surface area contributed by atoms with Gasteiger partial charge >= 0.3 is 5.97 Å². The molecule has 0 fully saturated rings. The standard InChI is InChI=1S/C21H29NO2/c1-17(16-20(2,3)22-14-10-7-11-15-22)24-19(23)21(4,5)18-12-8-6-9-13-18/h6-14,17H,15-16H2,1-5H3. The van der Waals surface area contributed by atoms with Gasteiger partial charge in [0.25, 0.3) is 0 Å². The van der Waals surface area contributed by atoms with Gasteiger partial charge in [0.2, 0.25) is 0 Å². The van der Waals surface area contributed by atoms with Gasteiger partial charge in [0.1, 0.15) is 6.10 Å². The molecule has 0 saturated heterocycles. The van der Waals surface area contributed by atoms with Crippen molar-refractivity contribution in [2.45, 2.75) is 58.1 Å². The fourth-order valence-electron chi connectivity index (χ4n) is 3.08. The summed E-state index contributed by atoms with van der Waals surface area (Å²) in [7, 11) is 0. The minimum Gasteiger partial charge on any atom is -0.462 e. The van der Waals surface area contributed by atoms with Crippen molar-refractivity contribution in [2.24, 2.45) is 0 Å². The van der Waals surface area contributed by atoms with Gasteiger partial charge in [0, 0.05) is 18.5 Å². The molecule has 0 amide bonds. The molecule has 1 atom stereocenters. The van der Waals surface area contributed by atoms with Crippen LogP contribution >= 0.6 is 0 Å². The maximum atomic E-state index is 12.7. The second kappa shape index (κ2) is 7.25. The van der Waals surface area contributed by atoms with E-state index in [2.05, 4.69) is 37.1 Å². The molecule has 1 aliphatic heterocycles. The van der Waals surface area contributed by atoms with Crippen LogP contribution in [0.25, 0.3) is 0 Å². The molecule has 0 N–H and O–H groups in total. The predicted octanol–water partition coefficient (Wildman–Crippen LogP) is 4.45. The third kappa shape index (κ3) is 4.28. The Kier molecular flexibility index (Phi) is 5.53. The second-order valence-corrected chi connectivity index (χ2v) is 7.65. The number of ether oxygens (including phenoxy) is 1. The number of carbonyl (C=O) groups excluding carboxylic acids is 1. The highest BCUT2D eigenvalue weighted by Gasteiger charge is 2.34. The van der Waals surface area contributed by atoms with Crippen molar-refractivity contribution >= 4 is 5.97 Å². The predicted molar refractivity (Wildman–Crippen MR) is 98.7 cm³/mol. The Morgan fingerprint density at radius 2 is 1.83 bits per heavy atom. The summed E-state index contributed by atoms with van der Waals surface area (Å²) in [5.74, 6) is -0.175. The first-order valence-electron chi connectivity index (χ1n) is 8.60. The van der Waals surface area contributed by atoms with Crippen molar-refractivity contribution in [3.05, 3.63) is 60.3 Å². The zero-order chi connectivity index (χ0) is 17.8. The molecule has 1 heterocycles. The van der Waals surface area contributed by atoms with Crippen LogP contribution in [0.5, 0.6) is 0 Å². The smallest absolute Gasteiger partial charge is 0.316 e. The van der Waals surface area contributed by atoms with Gasteiger partial charge < -0.3 is 9.64 Å². The molecule has 0 spiro atoms. The summed E-state index contributed by atoms with van der Waals surface area (Å²) >= 11 is 0. The van der Waals surface area contributed by atoms with E-state index in [0.717, 1.165) is 18.5 Å². The van der Waals surface area contributed by atoms with Crippen LogP contribution in [0.2, 0.25) is 0 Å². The summed E-state index contributed by atoms with van der Waals surface area (Å²) in [6, 6.07) is 9.80. The van der Waals surface area contributed by atoms with E-state index in [1.165, 1.54) is 0 Å². The van der Waals surface area contributed by atoms with Crippen molar-refractivity contribution in [1.82, 2.24) is 4.90 Å². The van der Waals surface area contributed by atoms with Crippen LogP contribution in [0.3, 0.4) is 0 Å². The second-order valence-electron chi connectivity index (χ2n) is 7.65. The van der Waals surface area contributed by atoms with Crippen LogP contribution in [0.15, 0.2) is 54.8 Å². The fourth-order valence-corrected chi connectivity index (χ4v) is 3.08. The molecule has 0 saturated carbocycles. The van der Waals surface area contributed by atoms with E-state index in [4.69, 9.17) is 4.74 Å². The molecule has 1 unspecified atom stereocenters. The number of benzene rings is 1. The number of allylic oxidation sites excluding steroid dienone is 2. The third-order valence-electron chi connectivity index (χ3n) is 4.69. The lowest BCUT2D eigenvalue weighted by Crippen LogP contribution is -2.44. The number of rotatable bonds is 6. The van der Waals surface area contributed by atoms with E-state index >= 15 is 0 Å². The van der Waals surface area contributed by atoms with Crippen molar-refractivity contribution < 1.29 is 9.53 Å². The van der Waals surface area contributed by atoms with Gasteiger partial charge in [-0.2, -0.15) is 0 Å². The van der Waals surface area contributed by atoms with Gasteiger partial charge in [0.15, 0.2) is 0 Å². The average molecular weight is 327 g/mol. The lowest BCUT2D eigenvalue weighted by molar-refractivity contribution is -0.155. The summed E-state index contributed by atoms with van der Waals surface area (Å²) in [4.78, 5) is 15.0. The van der Waals surface area contributed by atoms with Gasteiger partial charge in [-0.1, -0.05) is 42.5 Å². The lowest BCUT2D eigenvalue weighted by atomic mass is 9.84. The Morgan fingerprint density at radius 3 is 2.42 bits per heavy atom. The minimum atomic E-state index is -0.645. The summed E-state index contributed by atoms with van der Waals surface area (Å²) < 4.78 is 5.79. The Balaban J connectivity index is 1.98. The number of hydrogen-bond donors (Lipinski definition) is 0. The van der Waals surface area contributed by atoms with E-state index < -0.39 is 5.41 Å². The lowest BCUT2D eigenvalue weighted by Gasteiger charge is -2.40. The largest absolute Gasteiger partial charge is 0.462 e. The number of nitrogens with zero attached hydrogens (tertiary/aromatic N) is 1. The SMILES string of the molecule is CC(CC(C)(C)N1C=CC=CC1)OC(=O)C(C)(C)c1ccccc1. The first-order valence-corrected chi connectivity index (χ1v) is 8.60. The van der Waals surface area contributed by atoms with Crippen LogP contribution in [0, 0.1) is 0 Å². The Morgan fingerprint density at radius 1 is 1.17 bits per heavy atom. The summed E-state index contributed by atoms with van der Waals surface area (Å²) in [5, 5.41) is 0. The monoisotopic (exact) mass is 327 g/mol. The maximum absolute atomic E-state index is 12.7.